The molecule has 0 aliphatic heterocycles. The molecule has 348 valence electrons. The monoisotopic (exact) mass is 874 g/mol. The van der Waals surface area contributed by atoms with Crippen molar-refractivity contribution in [1.82, 2.24) is 0 Å². The van der Waals surface area contributed by atoms with Gasteiger partial charge in [0.1, 0.15) is 12.1 Å². The highest BCUT2D eigenvalue weighted by Crippen LogP contribution is 2.43. The van der Waals surface area contributed by atoms with Crippen molar-refractivity contribution in [3.05, 3.63) is 97.2 Å². The fourth-order valence-electron chi connectivity index (χ4n) is 5.82. The van der Waals surface area contributed by atoms with Gasteiger partial charge in [0, 0.05) is 13.0 Å². The number of rotatable bonds is 43. The number of allylic oxidation sites excluding steroid dienone is 16. The van der Waals surface area contributed by atoms with Gasteiger partial charge in [0.2, 0.25) is 0 Å². The number of carboxylic acid groups (broad SMARTS) is 1. The highest BCUT2D eigenvalue weighted by Gasteiger charge is 2.27. The number of unbranched alkanes of at least 4 members (excludes halogenated alkanes) is 13. The Balaban J connectivity index is 4.27. The molecule has 61 heavy (non-hydrogen) atoms. The van der Waals surface area contributed by atoms with E-state index in [0.29, 0.717) is 13.0 Å². The summed E-state index contributed by atoms with van der Waals surface area (Å²) in [5.74, 6) is -1.80. The second-order valence-corrected chi connectivity index (χ2v) is 16.6. The number of aliphatic carboxylic acids is 1. The standard InChI is InChI=1S/C50H84NO9P/c1-3-5-7-9-11-13-15-17-19-21-22-23-24-25-27-29-31-33-35-37-39-41-43-57-44-47(45-58-61(55,56)59-46-48(51)50(53)54)60-49(52)42-40-38-36-34-32-30-28-26-20-18-16-14-12-10-8-6-4-2/h5-8,11-14,17-20,22-23,25,27,47-48H,3-4,9-10,15-16,21,24,26,28-46,51H2,1-2H3,(H,53,54)(H,55,56)/b7-5-,8-6-,13-11-,14-12-,19-17-,20-18-,23-22-,27-25-. The Morgan fingerprint density at radius 3 is 1.34 bits per heavy atom. The van der Waals surface area contributed by atoms with Crippen LogP contribution in [0, 0.1) is 0 Å². The molecule has 0 aromatic carbocycles. The van der Waals surface area contributed by atoms with Gasteiger partial charge in [-0.15, -0.1) is 0 Å². The first-order valence-electron chi connectivity index (χ1n) is 23.3. The number of carbonyl (C=O) groups excluding carboxylic acids is 1. The summed E-state index contributed by atoms with van der Waals surface area (Å²) in [4.78, 5) is 33.6. The van der Waals surface area contributed by atoms with Gasteiger partial charge in [-0.2, -0.15) is 0 Å². The van der Waals surface area contributed by atoms with Crippen molar-refractivity contribution in [3.63, 3.8) is 0 Å². The molecule has 0 aliphatic rings. The Morgan fingerprint density at radius 2 is 0.902 bits per heavy atom. The number of hydrogen-bond acceptors (Lipinski definition) is 8. The maximum atomic E-state index is 12.7. The van der Waals surface area contributed by atoms with Gasteiger partial charge in [-0.25, -0.2) is 4.57 Å². The van der Waals surface area contributed by atoms with Crippen molar-refractivity contribution < 1.29 is 42.7 Å². The third kappa shape index (κ3) is 44.7. The summed E-state index contributed by atoms with van der Waals surface area (Å²) >= 11 is 0. The number of nitrogens with two attached hydrogens (primary N) is 1. The molecular formula is C50H84NO9P. The van der Waals surface area contributed by atoms with Crippen molar-refractivity contribution >= 4 is 19.8 Å². The number of esters is 1. The lowest BCUT2D eigenvalue weighted by Gasteiger charge is -2.20. The largest absolute Gasteiger partial charge is 0.480 e. The SMILES string of the molecule is CC/C=C\C/C=C\C/C=C\C/C=C\C/C=C\CCCCCCCCOCC(COP(=O)(O)OCC(N)C(=O)O)OC(=O)CCCCCCCCC/C=C\C/C=C\C/C=C\CC. The number of carboxylic acids is 1. The summed E-state index contributed by atoms with van der Waals surface area (Å²) in [5.41, 5.74) is 5.36. The zero-order valence-corrected chi connectivity index (χ0v) is 38.9. The van der Waals surface area contributed by atoms with Crippen LogP contribution < -0.4 is 5.73 Å². The smallest absolute Gasteiger partial charge is 0.472 e. The van der Waals surface area contributed by atoms with Crippen molar-refractivity contribution in [2.75, 3.05) is 26.4 Å². The summed E-state index contributed by atoms with van der Waals surface area (Å²) in [6.45, 7) is 3.59. The number of hydrogen-bond donors (Lipinski definition) is 3. The summed E-state index contributed by atoms with van der Waals surface area (Å²) in [5, 5.41) is 8.91. The van der Waals surface area contributed by atoms with Crippen molar-refractivity contribution in [2.24, 2.45) is 5.73 Å². The molecule has 3 unspecified atom stereocenters. The maximum Gasteiger partial charge on any atom is 0.472 e. The predicted octanol–water partition coefficient (Wildman–Crippen LogP) is 13.3. The normalized spacial score (nSPS) is 14.7. The Morgan fingerprint density at radius 1 is 0.525 bits per heavy atom. The average Bonchev–Trinajstić information content (AvgIpc) is 3.24. The molecule has 0 amide bonds. The number of phosphoric acid groups is 1. The van der Waals surface area contributed by atoms with Gasteiger partial charge in [0.15, 0.2) is 0 Å². The van der Waals surface area contributed by atoms with Crippen LogP contribution in [0.4, 0.5) is 0 Å². The van der Waals surface area contributed by atoms with Crippen LogP contribution in [0.1, 0.15) is 168 Å². The lowest BCUT2D eigenvalue weighted by molar-refractivity contribution is -0.154. The van der Waals surface area contributed by atoms with Crippen LogP contribution in [-0.4, -0.2) is 60.5 Å². The molecule has 0 aliphatic carbocycles. The summed E-state index contributed by atoms with van der Waals surface area (Å²) in [7, 11) is -4.63. The molecule has 0 bridgehead atoms. The van der Waals surface area contributed by atoms with Gasteiger partial charge in [0.05, 0.1) is 19.8 Å². The topological polar surface area (TPSA) is 155 Å². The summed E-state index contributed by atoms with van der Waals surface area (Å²) in [6.07, 6.45) is 58.8. The Kier molecular flexibility index (Phi) is 42.6. The van der Waals surface area contributed by atoms with Gasteiger partial charge < -0.3 is 25.2 Å². The third-order valence-electron chi connectivity index (χ3n) is 9.36. The van der Waals surface area contributed by atoms with E-state index < -0.39 is 45.1 Å². The van der Waals surface area contributed by atoms with Crippen molar-refractivity contribution in [3.8, 4) is 0 Å². The van der Waals surface area contributed by atoms with Gasteiger partial charge in [-0.3, -0.25) is 18.6 Å². The van der Waals surface area contributed by atoms with Crippen LogP contribution in [0.25, 0.3) is 0 Å². The van der Waals surface area contributed by atoms with Gasteiger partial charge in [-0.05, 0) is 89.9 Å². The Hall–Kier alpha value is -3.11. The zero-order chi connectivity index (χ0) is 44.8. The van der Waals surface area contributed by atoms with E-state index in [2.05, 4.69) is 111 Å². The van der Waals surface area contributed by atoms with Crippen LogP contribution in [0.15, 0.2) is 97.2 Å². The molecule has 0 heterocycles. The summed E-state index contributed by atoms with van der Waals surface area (Å²) < 4.78 is 33.4. The number of phosphoric ester groups is 1. The van der Waals surface area contributed by atoms with Crippen LogP contribution in [0.3, 0.4) is 0 Å². The highest BCUT2D eigenvalue weighted by atomic mass is 31.2. The molecular weight excluding hydrogens is 790 g/mol. The van der Waals surface area contributed by atoms with E-state index in [-0.39, 0.29) is 13.0 Å². The molecule has 10 nitrogen and oxygen atoms in total. The molecule has 0 spiro atoms. The van der Waals surface area contributed by atoms with Gasteiger partial charge in [-0.1, -0.05) is 169 Å². The molecule has 11 heteroatoms. The minimum atomic E-state index is -4.63. The molecule has 0 radical (unpaired) electrons. The van der Waals surface area contributed by atoms with Crippen LogP contribution >= 0.6 is 7.82 Å². The Labute approximate surface area is 370 Å². The molecule has 0 saturated carbocycles. The van der Waals surface area contributed by atoms with Crippen LogP contribution in [0.5, 0.6) is 0 Å². The van der Waals surface area contributed by atoms with E-state index in [4.69, 9.17) is 29.4 Å². The minimum Gasteiger partial charge on any atom is -0.480 e. The fourth-order valence-corrected chi connectivity index (χ4v) is 6.60. The maximum absolute atomic E-state index is 12.7. The number of carbonyl (C=O) groups is 2. The molecule has 0 rings (SSSR count). The van der Waals surface area contributed by atoms with Crippen molar-refractivity contribution in [2.45, 2.75) is 180 Å². The van der Waals surface area contributed by atoms with Gasteiger partial charge >= 0.3 is 19.8 Å². The van der Waals surface area contributed by atoms with Crippen LogP contribution in [-0.2, 0) is 32.7 Å². The minimum absolute atomic E-state index is 0.00381. The first kappa shape index (κ1) is 57.9. The van der Waals surface area contributed by atoms with Gasteiger partial charge in [0.25, 0.3) is 0 Å². The average molecular weight is 874 g/mol. The van der Waals surface area contributed by atoms with E-state index in [0.717, 1.165) is 109 Å². The van der Waals surface area contributed by atoms with E-state index in [9.17, 15) is 19.0 Å². The van der Waals surface area contributed by atoms with E-state index >= 15 is 0 Å². The van der Waals surface area contributed by atoms with Crippen molar-refractivity contribution in [1.29, 1.82) is 0 Å². The quantitative estimate of drug-likeness (QED) is 0.0233. The fraction of sp³-hybridized carbons (Fsp3) is 0.640. The summed E-state index contributed by atoms with van der Waals surface area (Å²) in [6, 6.07) is -1.48. The van der Waals surface area contributed by atoms with E-state index in [1.54, 1.807) is 0 Å². The lowest BCUT2D eigenvalue weighted by Crippen LogP contribution is -2.34. The van der Waals surface area contributed by atoms with E-state index in [1.165, 1.54) is 32.1 Å². The van der Waals surface area contributed by atoms with Crippen LogP contribution in [0.2, 0.25) is 0 Å². The lowest BCUT2D eigenvalue weighted by atomic mass is 10.1. The predicted molar refractivity (Wildman–Crippen MR) is 253 cm³/mol. The second-order valence-electron chi connectivity index (χ2n) is 15.1. The molecule has 4 N–H and O–H groups in total. The highest BCUT2D eigenvalue weighted by molar-refractivity contribution is 7.47. The molecule has 3 atom stereocenters. The molecule has 0 saturated heterocycles. The number of ether oxygens (including phenoxy) is 2. The first-order valence-corrected chi connectivity index (χ1v) is 24.8. The molecule has 0 aromatic rings. The van der Waals surface area contributed by atoms with E-state index in [1.807, 2.05) is 0 Å². The third-order valence-corrected chi connectivity index (χ3v) is 10.3. The Bertz CT molecular complexity index is 1330. The zero-order valence-electron chi connectivity index (χ0n) is 38.0. The first-order chi connectivity index (χ1) is 29.7. The molecule has 0 fully saturated rings. The molecule has 0 aromatic heterocycles. The second kappa shape index (κ2) is 44.9.